The van der Waals surface area contributed by atoms with Crippen LogP contribution in [0.4, 0.5) is 8.78 Å². The summed E-state index contributed by atoms with van der Waals surface area (Å²) in [5, 5.41) is 3.97. The van der Waals surface area contributed by atoms with E-state index in [0.29, 0.717) is 12.1 Å². The molecule has 0 fully saturated rings. The molecule has 1 aromatic heterocycles. The highest BCUT2D eigenvalue weighted by atomic mass is 35.5. The van der Waals surface area contributed by atoms with Gasteiger partial charge in [-0.25, -0.2) is 8.78 Å². The molecule has 3 nitrogen and oxygen atoms in total. The van der Waals surface area contributed by atoms with Crippen molar-refractivity contribution in [2.45, 2.75) is 26.4 Å². The summed E-state index contributed by atoms with van der Waals surface area (Å²) in [5.41, 5.74) is 4.13. The maximum absolute atomic E-state index is 13.8. The molecule has 1 amide bonds. The van der Waals surface area contributed by atoms with Gasteiger partial charge in [0.15, 0.2) is 0 Å². The Balaban J connectivity index is 1.56. The lowest BCUT2D eigenvalue weighted by molar-refractivity contribution is 0.0940. The van der Waals surface area contributed by atoms with Crippen LogP contribution in [0.1, 0.15) is 40.1 Å². The van der Waals surface area contributed by atoms with Gasteiger partial charge in [0.2, 0.25) is 0 Å². The van der Waals surface area contributed by atoms with Gasteiger partial charge in [-0.2, -0.15) is 0 Å². The minimum atomic E-state index is -0.442. The number of carbonyl (C=O) groups excluding carboxylic acids is 1. The lowest BCUT2D eigenvalue weighted by Crippen LogP contribution is -2.26. The Bertz CT molecular complexity index is 1260. The number of nitrogens with zero attached hydrogens (tertiary/aromatic N) is 1. The molecule has 0 radical (unpaired) electrons. The third kappa shape index (κ3) is 4.47. The summed E-state index contributed by atoms with van der Waals surface area (Å²) >= 11 is 5.78. The van der Waals surface area contributed by atoms with Crippen LogP contribution in [0.15, 0.2) is 66.7 Å². The predicted molar refractivity (Wildman–Crippen MR) is 119 cm³/mol. The number of rotatable bonds is 5. The van der Waals surface area contributed by atoms with Crippen LogP contribution in [0.2, 0.25) is 5.02 Å². The van der Waals surface area contributed by atoms with E-state index in [2.05, 4.69) is 9.88 Å². The SMILES string of the molecule is Cc1cc2cc(C(=O)NC(C)c3ccc(F)cc3)ccc2n1Cc1ccc(Cl)c(F)c1. The van der Waals surface area contributed by atoms with E-state index in [0.717, 1.165) is 27.7 Å². The van der Waals surface area contributed by atoms with Gasteiger partial charge in [0.25, 0.3) is 5.91 Å². The Morgan fingerprint density at radius 3 is 2.48 bits per heavy atom. The number of aryl methyl sites for hydroxylation is 1. The summed E-state index contributed by atoms with van der Waals surface area (Å²) in [5.74, 6) is -0.958. The fourth-order valence-corrected chi connectivity index (χ4v) is 3.81. The summed E-state index contributed by atoms with van der Waals surface area (Å²) in [6, 6.07) is 18.1. The number of nitrogens with one attached hydrogen (secondary N) is 1. The Morgan fingerprint density at radius 2 is 1.77 bits per heavy atom. The van der Waals surface area contributed by atoms with Crippen molar-refractivity contribution in [3.63, 3.8) is 0 Å². The monoisotopic (exact) mass is 438 g/mol. The van der Waals surface area contributed by atoms with Gasteiger partial charge >= 0.3 is 0 Å². The molecule has 0 bridgehead atoms. The summed E-state index contributed by atoms with van der Waals surface area (Å²) in [4.78, 5) is 12.7. The average Bonchev–Trinajstić information content (AvgIpc) is 3.05. The van der Waals surface area contributed by atoms with Crippen molar-refractivity contribution >= 4 is 28.4 Å². The molecule has 3 aromatic carbocycles. The molecular weight excluding hydrogens is 418 g/mol. The van der Waals surface area contributed by atoms with Gasteiger partial charge in [0, 0.05) is 28.7 Å². The van der Waals surface area contributed by atoms with E-state index >= 15 is 0 Å². The van der Waals surface area contributed by atoms with Crippen LogP contribution in [0.5, 0.6) is 0 Å². The van der Waals surface area contributed by atoms with Gasteiger partial charge in [0.05, 0.1) is 11.1 Å². The summed E-state index contributed by atoms with van der Waals surface area (Å²) in [7, 11) is 0. The van der Waals surface area contributed by atoms with Crippen molar-refractivity contribution in [2.24, 2.45) is 0 Å². The minimum absolute atomic E-state index is 0.100. The maximum atomic E-state index is 13.8. The minimum Gasteiger partial charge on any atom is -0.346 e. The molecule has 0 saturated heterocycles. The van der Waals surface area contributed by atoms with Gasteiger partial charge < -0.3 is 9.88 Å². The quantitative estimate of drug-likeness (QED) is 0.383. The van der Waals surface area contributed by atoms with Gasteiger partial charge in [0.1, 0.15) is 11.6 Å². The molecule has 4 rings (SSSR count). The fourth-order valence-electron chi connectivity index (χ4n) is 3.70. The molecule has 0 aliphatic carbocycles. The van der Waals surface area contributed by atoms with Crippen molar-refractivity contribution in [1.82, 2.24) is 9.88 Å². The Labute approximate surface area is 184 Å². The number of benzene rings is 3. The highest BCUT2D eigenvalue weighted by molar-refractivity contribution is 6.30. The van der Waals surface area contributed by atoms with Crippen LogP contribution in [0.25, 0.3) is 10.9 Å². The van der Waals surface area contributed by atoms with Crippen molar-refractivity contribution in [3.8, 4) is 0 Å². The zero-order valence-electron chi connectivity index (χ0n) is 17.1. The molecular formula is C25H21ClF2N2O. The van der Waals surface area contributed by atoms with Gasteiger partial charge in [-0.15, -0.1) is 0 Å². The molecule has 1 N–H and O–H groups in total. The molecule has 6 heteroatoms. The molecule has 1 unspecified atom stereocenters. The maximum Gasteiger partial charge on any atom is 0.251 e. The van der Waals surface area contributed by atoms with Crippen molar-refractivity contribution < 1.29 is 13.6 Å². The second-order valence-corrected chi connectivity index (χ2v) is 8.05. The van der Waals surface area contributed by atoms with Crippen LogP contribution >= 0.6 is 11.6 Å². The third-order valence-electron chi connectivity index (χ3n) is 5.41. The zero-order valence-corrected chi connectivity index (χ0v) is 17.9. The first-order chi connectivity index (χ1) is 14.8. The van der Waals surface area contributed by atoms with E-state index < -0.39 is 5.82 Å². The summed E-state index contributed by atoms with van der Waals surface area (Å²) < 4.78 is 29.0. The zero-order chi connectivity index (χ0) is 22.1. The molecule has 0 aliphatic rings. The Kier molecular flexibility index (Phi) is 5.79. The number of carbonyl (C=O) groups is 1. The molecule has 0 aliphatic heterocycles. The largest absolute Gasteiger partial charge is 0.346 e. The van der Waals surface area contributed by atoms with E-state index in [9.17, 15) is 13.6 Å². The van der Waals surface area contributed by atoms with Crippen LogP contribution < -0.4 is 5.32 Å². The lowest BCUT2D eigenvalue weighted by atomic mass is 10.1. The van der Waals surface area contributed by atoms with Gasteiger partial charge in [-0.1, -0.05) is 29.8 Å². The first-order valence-electron chi connectivity index (χ1n) is 9.92. The summed E-state index contributed by atoms with van der Waals surface area (Å²) in [6.45, 7) is 4.33. The van der Waals surface area contributed by atoms with Crippen LogP contribution in [0, 0.1) is 18.6 Å². The van der Waals surface area contributed by atoms with Crippen LogP contribution in [-0.2, 0) is 6.54 Å². The lowest BCUT2D eigenvalue weighted by Gasteiger charge is -2.14. The molecule has 0 spiro atoms. The number of fused-ring (bicyclic) bond motifs is 1. The van der Waals surface area contributed by atoms with E-state index in [-0.39, 0.29) is 22.8 Å². The highest BCUT2D eigenvalue weighted by Gasteiger charge is 2.14. The van der Waals surface area contributed by atoms with Gasteiger partial charge in [-0.3, -0.25) is 4.79 Å². The van der Waals surface area contributed by atoms with E-state index in [1.54, 1.807) is 30.3 Å². The summed E-state index contributed by atoms with van der Waals surface area (Å²) in [6.07, 6.45) is 0. The van der Waals surface area contributed by atoms with Crippen molar-refractivity contribution in [1.29, 1.82) is 0 Å². The van der Waals surface area contributed by atoms with Crippen LogP contribution in [0.3, 0.4) is 0 Å². The fraction of sp³-hybridized carbons (Fsp3) is 0.160. The molecule has 4 aromatic rings. The first-order valence-corrected chi connectivity index (χ1v) is 10.3. The van der Waals surface area contributed by atoms with Crippen LogP contribution in [-0.4, -0.2) is 10.5 Å². The molecule has 158 valence electrons. The number of aromatic nitrogens is 1. The Hall–Kier alpha value is -3.18. The van der Waals surface area contributed by atoms with E-state index in [1.807, 2.05) is 32.0 Å². The second kappa shape index (κ2) is 8.52. The first kappa shape index (κ1) is 21.1. The van der Waals surface area contributed by atoms with Gasteiger partial charge in [-0.05, 0) is 73.5 Å². The molecule has 1 atom stereocenters. The molecule has 31 heavy (non-hydrogen) atoms. The van der Waals surface area contributed by atoms with Crippen molar-refractivity contribution in [2.75, 3.05) is 0 Å². The molecule has 0 saturated carbocycles. The number of hydrogen-bond donors (Lipinski definition) is 1. The van der Waals surface area contributed by atoms with E-state index in [1.165, 1.54) is 18.2 Å². The highest BCUT2D eigenvalue weighted by Crippen LogP contribution is 2.24. The number of hydrogen-bond acceptors (Lipinski definition) is 1. The second-order valence-electron chi connectivity index (χ2n) is 7.64. The number of amides is 1. The smallest absolute Gasteiger partial charge is 0.251 e. The topological polar surface area (TPSA) is 34.0 Å². The predicted octanol–water partition coefficient (Wildman–Crippen LogP) is 6.42. The number of halogens is 3. The standard InChI is InChI=1S/C25H21ClF2N2O/c1-15-11-20-13-19(25(31)29-16(2)18-4-7-21(27)8-5-18)6-10-24(20)30(15)14-17-3-9-22(26)23(28)12-17/h3-13,16H,14H2,1-2H3,(H,29,31). The normalized spacial score (nSPS) is 12.2. The van der Waals surface area contributed by atoms with E-state index in [4.69, 9.17) is 11.6 Å². The Morgan fingerprint density at radius 1 is 1.03 bits per heavy atom. The average molecular weight is 439 g/mol. The third-order valence-corrected chi connectivity index (χ3v) is 5.72. The molecule has 1 heterocycles. The van der Waals surface area contributed by atoms with Crippen molar-refractivity contribution in [3.05, 3.63) is 106 Å².